The zero-order valence-corrected chi connectivity index (χ0v) is 16.9. The molecule has 0 aromatic heterocycles. The highest BCUT2D eigenvalue weighted by molar-refractivity contribution is 6.07. The maximum absolute atomic E-state index is 13.3. The molecule has 4 rings (SSSR count). The first-order valence-corrected chi connectivity index (χ1v) is 9.94. The highest BCUT2D eigenvalue weighted by atomic mass is 16.6. The van der Waals surface area contributed by atoms with Crippen LogP contribution in [0.3, 0.4) is 0 Å². The number of nitrogens with one attached hydrogen (secondary N) is 1. The van der Waals surface area contributed by atoms with Crippen LogP contribution in [-0.2, 0) is 0 Å². The van der Waals surface area contributed by atoms with Crippen molar-refractivity contribution in [2.24, 2.45) is 0 Å². The molecule has 1 aliphatic rings. The molecule has 1 aliphatic heterocycles. The Morgan fingerprint density at radius 3 is 2.37 bits per heavy atom. The summed E-state index contributed by atoms with van der Waals surface area (Å²) in [6.07, 6.45) is 0.754. The number of hydrogen-bond donors (Lipinski definition) is 1. The number of carbonyl (C=O) groups is 1. The van der Waals surface area contributed by atoms with Gasteiger partial charge < -0.3 is 10.2 Å². The van der Waals surface area contributed by atoms with Crippen LogP contribution in [0.2, 0.25) is 0 Å². The molecule has 2 unspecified atom stereocenters. The fraction of sp³-hybridized carbons (Fsp3) is 0.208. The molecular weight excluding hydrogens is 378 g/mol. The number of rotatable bonds is 4. The Bertz CT molecular complexity index is 1080. The molecule has 1 amide bonds. The summed E-state index contributed by atoms with van der Waals surface area (Å²) in [7, 11) is 0. The number of anilines is 2. The number of para-hydroxylation sites is 1. The van der Waals surface area contributed by atoms with E-state index in [0.29, 0.717) is 5.56 Å². The van der Waals surface area contributed by atoms with Crippen LogP contribution in [0, 0.1) is 17.0 Å². The van der Waals surface area contributed by atoms with E-state index in [-0.39, 0.29) is 23.7 Å². The van der Waals surface area contributed by atoms with Crippen LogP contribution >= 0.6 is 0 Å². The number of nitro groups is 1. The second kappa shape index (κ2) is 7.99. The molecule has 0 bridgehead atoms. The maximum Gasteiger partial charge on any atom is 0.269 e. The molecule has 0 saturated heterocycles. The third kappa shape index (κ3) is 3.76. The van der Waals surface area contributed by atoms with Crippen molar-refractivity contribution >= 4 is 23.0 Å². The summed E-state index contributed by atoms with van der Waals surface area (Å²) < 4.78 is 0. The van der Waals surface area contributed by atoms with Gasteiger partial charge in [0.1, 0.15) is 0 Å². The van der Waals surface area contributed by atoms with E-state index in [4.69, 9.17) is 0 Å². The van der Waals surface area contributed by atoms with Gasteiger partial charge in [-0.2, -0.15) is 0 Å². The molecule has 0 aliphatic carbocycles. The molecular formula is C24H23N3O3. The summed E-state index contributed by atoms with van der Waals surface area (Å²) in [6, 6.07) is 22.0. The summed E-state index contributed by atoms with van der Waals surface area (Å²) in [5.74, 6) is -0.154. The quantitative estimate of drug-likeness (QED) is 0.463. The van der Waals surface area contributed by atoms with Gasteiger partial charge in [-0.15, -0.1) is 0 Å². The van der Waals surface area contributed by atoms with Crippen molar-refractivity contribution in [2.75, 3.05) is 10.2 Å². The van der Waals surface area contributed by atoms with Crippen LogP contribution in [-0.4, -0.2) is 16.9 Å². The summed E-state index contributed by atoms with van der Waals surface area (Å²) in [4.78, 5) is 25.5. The zero-order valence-electron chi connectivity index (χ0n) is 16.9. The molecule has 1 heterocycles. The Kier molecular flexibility index (Phi) is 5.23. The Morgan fingerprint density at radius 1 is 1.03 bits per heavy atom. The first kappa shape index (κ1) is 19.6. The van der Waals surface area contributed by atoms with Gasteiger partial charge in [-0.25, -0.2) is 0 Å². The molecule has 0 radical (unpaired) electrons. The molecule has 1 N–H and O–H groups in total. The van der Waals surface area contributed by atoms with E-state index in [1.54, 1.807) is 4.90 Å². The van der Waals surface area contributed by atoms with Crippen LogP contribution in [0.15, 0.2) is 72.8 Å². The lowest BCUT2D eigenvalue weighted by molar-refractivity contribution is -0.384. The van der Waals surface area contributed by atoms with Gasteiger partial charge in [0.25, 0.3) is 11.6 Å². The average Bonchev–Trinajstić information content (AvgIpc) is 2.75. The second-order valence-electron chi connectivity index (χ2n) is 7.69. The number of amides is 1. The fourth-order valence-electron chi connectivity index (χ4n) is 3.97. The van der Waals surface area contributed by atoms with Crippen molar-refractivity contribution in [3.8, 4) is 0 Å². The van der Waals surface area contributed by atoms with Crippen molar-refractivity contribution in [1.29, 1.82) is 0 Å². The lowest BCUT2D eigenvalue weighted by Gasteiger charge is -2.40. The molecule has 3 aromatic rings. The lowest BCUT2D eigenvalue weighted by atomic mass is 9.90. The fourth-order valence-corrected chi connectivity index (χ4v) is 3.97. The van der Waals surface area contributed by atoms with E-state index < -0.39 is 4.92 Å². The predicted molar refractivity (Wildman–Crippen MR) is 118 cm³/mol. The molecule has 2 atom stereocenters. The Morgan fingerprint density at radius 2 is 1.70 bits per heavy atom. The molecule has 6 heteroatoms. The predicted octanol–water partition coefficient (Wildman–Crippen LogP) is 5.50. The number of nitrogens with zero attached hydrogens (tertiary/aromatic N) is 2. The van der Waals surface area contributed by atoms with Crippen molar-refractivity contribution in [2.45, 2.75) is 32.4 Å². The number of fused-ring (bicyclic) bond motifs is 1. The largest absolute Gasteiger partial charge is 0.378 e. The monoisotopic (exact) mass is 401 g/mol. The van der Waals surface area contributed by atoms with Crippen molar-refractivity contribution < 1.29 is 9.72 Å². The van der Waals surface area contributed by atoms with Crippen LogP contribution in [0.25, 0.3) is 0 Å². The van der Waals surface area contributed by atoms with Crippen molar-refractivity contribution in [3.05, 3.63) is 99.6 Å². The minimum absolute atomic E-state index is 0.0268. The minimum atomic E-state index is -0.464. The van der Waals surface area contributed by atoms with Gasteiger partial charge in [0.05, 0.1) is 11.0 Å². The van der Waals surface area contributed by atoms with Gasteiger partial charge in [-0.05, 0) is 56.2 Å². The first-order valence-electron chi connectivity index (χ1n) is 9.94. The topological polar surface area (TPSA) is 75.5 Å². The van der Waals surface area contributed by atoms with Gasteiger partial charge in [0.15, 0.2) is 0 Å². The van der Waals surface area contributed by atoms with Crippen molar-refractivity contribution in [1.82, 2.24) is 0 Å². The number of nitro benzene ring substituents is 1. The molecule has 0 fully saturated rings. The van der Waals surface area contributed by atoms with E-state index in [1.807, 2.05) is 31.2 Å². The number of aryl methyl sites for hydroxylation is 1. The van der Waals surface area contributed by atoms with E-state index in [2.05, 4.69) is 36.5 Å². The van der Waals surface area contributed by atoms with Crippen molar-refractivity contribution in [3.63, 3.8) is 0 Å². The highest BCUT2D eigenvalue weighted by Crippen LogP contribution is 2.39. The summed E-state index contributed by atoms with van der Waals surface area (Å²) >= 11 is 0. The molecule has 152 valence electrons. The Balaban J connectivity index is 1.65. The van der Waals surface area contributed by atoms with E-state index in [0.717, 1.165) is 23.4 Å². The Hall–Kier alpha value is -3.67. The van der Waals surface area contributed by atoms with Crippen LogP contribution in [0.1, 0.15) is 40.9 Å². The van der Waals surface area contributed by atoms with E-state index in [1.165, 1.54) is 29.8 Å². The molecule has 3 aromatic carbocycles. The summed E-state index contributed by atoms with van der Waals surface area (Å²) in [5.41, 5.74) is 4.59. The third-order valence-corrected chi connectivity index (χ3v) is 5.53. The summed E-state index contributed by atoms with van der Waals surface area (Å²) in [5, 5.41) is 14.5. The number of hydrogen-bond acceptors (Lipinski definition) is 4. The number of benzene rings is 3. The number of non-ortho nitro benzene ring substituents is 1. The van der Waals surface area contributed by atoms with Crippen LogP contribution in [0.4, 0.5) is 17.1 Å². The van der Waals surface area contributed by atoms with Crippen LogP contribution in [0.5, 0.6) is 0 Å². The lowest BCUT2D eigenvalue weighted by Crippen LogP contribution is -2.44. The number of carbonyl (C=O) groups excluding carboxylic acids is 1. The molecule has 0 spiro atoms. The molecule has 30 heavy (non-hydrogen) atoms. The maximum atomic E-state index is 13.3. The molecule has 6 nitrogen and oxygen atoms in total. The van der Waals surface area contributed by atoms with E-state index in [9.17, 15) is 14.9 Å². The van der Waals surface area contributed by atoms with Gasteiger partial charge in [-0.3, -0.25) is 14.9 Å². The van der Waals surface area contributed by atoms with Gasteiger partial charge >= 0.3 is 0 Å². The average molecular weight is 401 g/mol. The zero-order chi connectivity index (χ0) is 21.3. The highest BCUT2D eigenvalue weighted by Gasteiger charge is 2.34. The SMILES string of the molecule is Cc1ccc(NC2CC(C)N(C(=O)c3ccc([N+](=O)[O-])cc3)c3ccccc32)cc1. The van der Waals surface area contributed by atoms with Crippen LogP contribution < -0.4 is 10.2 Å². The van der Waals surface area contributed by atoms with Gasteiger partial charge in [-0.1, -0.05) is 35.9 Å². The third-order valence-electron chi connectivity index (χ3n) is 5.53. The van der Waals surface area contributed by atoms with Gasteiger partial charge in [0, 0.05) is 35.1 Å². The second-order valence-corrected chi connectivity index (χ2v) is 7.69. The normalized spacial score (nSPS) is 17.9. The summed E-state index contributed by atoms with van der Waals surface area (Å²) in [6.45, 7) is 4.09. The Labute approximate surface area is 175 Å². The first-order chi connectivity index (χ1) is 14.4. The minimum Gasteiger partial charge on any atom is -0.378 e. The van der Waals surface area contributed by atoms with Gasteiger partial charge in [0.2, 0.25) is 0 Å². The standard InChI is InChI=1S/C24H23N3O3/c1-16-7-11-19(12-8-16)25-22-15-17(2)26(23-6-4-3-5-21(22)23)24(28)18-9-13-20(14-10-18)27(29)30/h3-14,17,22,25H,15H2,1-2H3. The molecule has 0 saturated carbocycles. The van der Waals surface area contributed by atoms with E-state index >= 15 is 0 Å². The smallest absolute Gasteiger partial charge is 0.269 e.